The molecular formula is C18H17ClO6. The SMILES string of the molecule is C[C@@H]1CC2OC2/C=C\C=C\C(=O)Cc2c(Cl)c(O)cc(O)c2C(=O)O1. The summed E-state index contributed by atoms with van der Waals surface area (Å²) in [6.07, 6.45) is 6.13. The molecule has 0 aromatic heterocycles. The highest BCUT2D eigenvalue weighted by molar-refractivity contribution is 6.33. The molecule has 132 valence electrons. The maximum absolute atomic E-state index is 12.5. The van der Waals surface area contributed by atoms with Crippen LogP contribution in [0.5, 0.6) is 11.5 Å². The number of benzene rings is 1. The van der Waals surface area contributed by atoms with Crippen molar-refractivity contribution in [2.75, 3.05) is 0 Å². The first-order valence-corrected chi connectivity index (χ1v) is 8.22. The van der Waals surface area contributed by atoms with E-state index in [2.05, 4.69) is 0 Å². The van der Waals surface area contributed by atoms with Crippen molar-refractivity contribution < 1.29 is 29.3 Å². The Kier molecular flexibility index (Phi) is 4.83. The highest BCUT2D eigenvalue weighted by Gasteiger charge is 2.38. The fourth-order valence-corrected chi connectivity index (χ4v) is 3.00. The second kappa shape index (κ2) is 6.90. The maximum Gasteiger partial charge on any atom is 0.342 e. The smallest absolute Gasteiger partial charge is 0.342 e. The second-order valence-corrected chi connectivity index (χ2v) is 6.44. The van der Waals surface area contributed by atoms with Crippen molar-refractivity contribution in [3.05, 3.63) is 46.5 Å². The molecular weight excluding hydrogens is 348 g/mol. The van der Waals surface area contributed by atoms with Crippen LogP contribution in [-0.2, 0) is 20.7 Å². The number of hydrogen-bond acceptors (Lipinski definition) is 6. The van der Waals surface area contributed by atoms with Crippen molar-refractivity contribution in [1.82, 2.24) is 0 Å². The Bertz CT molecular complexity index is 782. The first-order chi connectivity index (χ1) is 11.9. The van der Waals surface area contributed by atoms with E-state index in [1.807, 2.05) is 6.08 Å². The van der Waals surface area contributed by atoms with Gasteiger partial charge < -0.3 is 19.7 Å². The van der Waals surface area contributed by atoms with Gasteiger partial charge >= 0.3 is 5.97 Å². The molecule has 1 fully saturated rings. The lowest BCUT2D eigenvalue weighted by atomic mass is 10.00. The maximum atomic E-state index is 12.5. The molecule has 2 heterocycles. The van der Waals surface area contributed by atoms with E-state index in [9.17, 15) is 19.8 Å². The molecule has 7 heteroatoms. The predicted molar refractivity (Wildman–Crippen MR) is 89.9 cm³/mol. The fraction of sp³-hybridized carbons (Fsp3) is 0.333. The lowest BCUT2D eigenvalue weighted by Crippen LogP contribution is -2.19. The number of epoxide rings is 1. The number of hydrogen-bond donors (Lipinski definition) is 2. The number of esters is 1. The Morgan fingerprint density at radius 3 is 2.72 bits per heavy atom. The molecule has 2 N–H and O–H groups in total. The molecule has 2 unspecified atom stereocenters. The third-order valence-electron chi connectivity index (χ3n) is 4.06. The van der Waals surface area contributed by atoms with E-state index in [1.54, 1.807) is 19.1 Å². The highest BCUT2D eigenvalue weighted by Crippen LogP contribution is 2.37. The minimum absolute atomic E-state index is 0.0348. The van der Waals surface area contributed by atoms with Crippen molar-refractivity contribution in [2.45, 2.75) is 38.1 Å². The summed E-state index contributed by atoms with van der Waals surface area (Å²) in [5, 5.41) is 19.7. The van der Waals surface area contributed by atoms with E-state index in [-0.39, 0.29) is 40.6 Å². The number of fused-ring (bicyclic) bond motifs is 2. The molecule has 1 aromatic rings. The first-order valence-electron chi connectivity index (χ1n) is 7.84. The number of carbonyl (C=O) groups is 2. The summed E-state index contributed by atoms with van der Waals surface area (Å²) < 4.78 is 10.8. The average molecular weight is 365 g/mol. The lowest BCUT2D eigenvalue weighted by Gasteiger charge is -2.16. The minimum Gasteiger partial charge on any atom is -0.507 e. The zero-order chi connectivity index (χ0) is 18.1. The summed E-state index contributed by atoms with van der Waals surface area (Å²) in [5.74, 6) is -2.04. The van der Waals surface area contributed by atoms with E-state index >= 15 is 0 Å². The van der Waals surface area contributed by atoms with Gasteiger partial charge in [-0.25, -0.2) is 4.79 Å². The van der Waals surface area contributed by atoms with E-state index < -0.39 is 23.6 Å². The number of allylic oxidation sites excluding steroid dienone is 3. The Labute approximate surface area is 149 Å². The van der Waals surface area contributed by atoms with Crippen LogP contribution in [0, 0.1) is 0 Å². The molecule has 0 amide bonds. The highest BCUT2D eigenvalue weighted by atomic mass is 35.5. The zero-order valence-electron chi connectivity index (χ0n) is 13.4. The van der Waals surface area contributed by atoms with Gasteiger partial charge in [0.1, 0.15) is 29.3 Å². The number of ether oxygens (including phenoxy) is 2. The molecule has 2 aliphatic heterocycles. The zero-order valence-corrected chi connectivity index (χ0v) is 14.2. The molecule has 0 saturated carbocycles. The Morgan fingerprint density at radius 1 is 1.20 bits per heavy atom. The van der Waals surface area contributed by atoms with Gasteiger partial charge in [-0.15, -0.1) is 0 Å². The first kappa shape index (κ1) is 17.5. The van der Waals surface area contributed by atoms with Gasteiger partial charge in [0.05, 0.1) is 11.1 Å². The second-order valence-electron chi connectivity index (χ2n) is 6.06. The van der Waals surface area contributed by atoms with Crippen LogP contribution in [0.1, 0.15) is 29.3 Å². The van der Waals surface area contributed by atoms with Gasteiger partial charge in [0.15, 0.2) is 5.78 Å². The number of phenolic OH excluding ortho intramolecular Hbond substituents is 2. The van der Waals surface area contributed by atoms with Gasteiger partial charge in [0.2, 0.25) is 0 Å². The standard InChI is InChI=1S/C18H17ClO6/c1-9-6-15-14(25-15)5-3-2-4-10(20)7-11-16(18(23)24-9)12(21)8-13(22)17(11)19/h2-5,8-9,14-15,21-22H,6-7H2,1H3/b4-2+,5-3-/t9-,14?,15?/m1/s1. The molecule has 3 rings (SSSR count). The van der Waals surface area contributed by atoms with Crippen molar-refractivity contribution in [2.24, 2.45) is 0 Å². The molecule has 0 bridgehead atoms. The number of rotatable bonds is 0. The number of carbonyl (C=O) groups excluding carboxylic acids is 2. The van der Waals surface area contributed by atoms with Crippen molar-refractivity contribution >= 4 is 23.4 Å². The van der Waals surface area contributed by atoms with E-state index in [0.29, 0.717) is 6.42 Å². The molecule has 0 radical (unpaired) electrons. The van der Waals surface area contributed by atoms with Crippen LogP contribution >= 0.6 is 11.6 Å². The quantitative estimate of drug-likeness (QED) is 0.542. The van der Waals surface area contributed by atoms with Gasteiger partial charge in [-0.3, -0.25) is 4.79 Å². The monoisotopic (exact) mass is 364 g/mol. The third kappa shape index (κ3) is 3.86. The predicted octanol–water partition coefficient (Wildman–Crippen LogP) is 2.69. The lowest BCUT2D eigenvalue weighted by molar-refractivity contribution is -0.114. The Morgan fingerprint density at radius 2 is 1.96 bits per heavy atom. The van der Waals surface area contributed by atoms with Crippen LogP contribution < -0.4 is 0 Å². The number of ketones is 1. The normalized spacial score (nSPS) is 29.0. The van der Waals surface area contributed by atoms with E-state index in [4.69, 9.17) is 21.1 Å². The Balaban J connectivity index is 2.01. The minimum atomic E-state index is -0.802. The summed E-state index contributed by atoms with van der Waals surface area (Å²) >= 11 is 6.05. The van der Waals surface area contributed by atoms with E-state index in [0.717, 1.165) is 6.07 Å². The van der Waals surface area contributed by atoms with Crippen LogP contribution in [-0.4, -0.2) is 40.3 Å². The Hall–Kier alpha value is -2.31. The number of cyclic esters (lactones) is 1. The summed E-state index contributed by atoms with van der Waals surface area (Å²) in [7, 11) is 0. The fourth-order valence-electron chi connectivity index (χ4n) is 2.78. The van der Waals surface area contributed by atoms with E-state index in [1.165, 1.54) is 6.08 Å². The largest absolute Gasteiger partial charge is 0.507 e. The van der Waals surface area contributed by atoms with Gasteiger partial charge in [0.25, 0.3) is 0 Å². The molecule has 0 spiro atoms. The van der Waals surface area contributed by atoms with Crippen LogP contribution in [0.2, 0.25) is 5.02 Å². The van der Waals surface area contributed by atoms with Crippen LogP contribution in [0.25, 0.3) is 0 Å². The van der Waals surface area contributed by atoms with Gasteiger partial charge in [0, 0.05) is 24.5 Å². The topological polar surface area (TPSA) is 96.4 Å². The third-order valence-corrected chi connectivity index (χ3v) is 4.49. The number of phenols is 2. The molecule has 25 heavy (non-hydrogen) atoms. The van der Waals surface area contributed by atoms with Crippen LogP contribution in [0.4, 0.5) is 0 Å². The van der Waals surface area contributed by atoms with Crippen molar-refractivity contribution in [1.29, 1.82) is 0 Å². The van der Waals surface area contributed by atoms with Crippen molar-refractivity contribution in [3.8, 4) is 11.5 Å². The van der Waals surface area contributed by atoms with Gasteiger partial charge in [-0.2, -0.15) is 0 Å². The summed E-state index contributed by atoms with van der Waals surface area (Å²) in [4.78, 5) is 24.6. The van der Waals surface area contributed by atoms with Crippen LogP contribution in [0.3, 0.4) is 0 Å². The summed E-state index contributed by atoms with van der Waals surface area (Å²) in [5.41, 5.74) is -0.176. The molecule has 6 nitrogen and oxygen atoms in total. The molecule has 1 aromatic carbocycles. The van der Waals surface area contributed by atoms with Gasteiger partial charge in [-0.1, -0.05) is 29.8 Å². The van der Waals surface area contributed by atoms with Crippen molar-refractivity contribution in [3.63, 3.8) is 0 Å². The number of halogens is 1. The molecule has 3 atom stereocenters. The van der Waals surface area contributed by atoms with Crippen LogP contribution in [0.15, 0.2) is 30.4 Å². The molecule has 2 aliphatic rings. The average Bonchev–Trinajstić information content (AvgIpc) is 3.25. The molecule has 0 aliphatic carbocycles. The summed E-state index contributed by atoms with van der Waals surface area (Å²) in [6.45, 7) is 1.72. The number of aromatic hydroxyl groups is 2. The van der Waals surface area contributed by atoms with Gasteiger partial charge in [-0.05, 0) is 13.0 Å². The summed E-state index contributed by atoms with van der Waals surface area (Å²) in [6, 6.07) is 0.958. The molecule has 1 saturated heterocycles.